The second-order valence-corrected chi connectivity index (χ2v) is 7.84. The number of carbonyl (C=O) groups excluding carboxylic acids is 3. The molecule has 0 spiro atoms. The van der Waals surface area contributed by atoms with Crippen molar-refractivity contribution in [2.24, 2.45) is 0 Å². The van der Waals surface area contributed by atoms with Gasteiger partial charge in [-0.15, -0.1) is 0 Å². The molecule has 0 atom stereocenters. The van der Waals surface area contributed by atoms with Gasteiger partial charge < -0.3 is 0 Å². The molecule has 0 bridgehead atoms. The third-order valence-electron chi connectivity index (χ3n) is 4.92. The van der Waals surface area contributed by atoms with Crippen molar-refractivity contribution >= 4 is 52.8 Å². The van der Waals surface area contributed by atoms with Crippen molar-refractivity contribution in [1.82, 2.24) is 5.32 Å². The number of anilines is 1. The van der Waals surface area contributed by atoms with Gasteiger partial charge in [-0.25, -0.2) is 14.1 Å². The highest BCUT2D eigenvalue weighted by molar-refractivity contribution is 6.39. The van der Waals surface area contributed by atoms with Crippen molar-refractivity contribution < 1.29 is 18.8 Å². The van der Waals surface area contributed by atoms with Crippen LogP contribution >= 0.6 is 23.2 Å². The van der Waals surface area contributed by atoms with Gasteiger partial charge in [-0.1, -0.05) is 65.7 Å². The SMILES string of the molecule is O=C1NC(=O)N(c2ccccc2F)C(=O)/C1=C\c1ccc(Cc2ccccc2Cl)c(Cl)c1. The molecule has 0 saturated carbocycles. The van der Waals surface area contributed by atoms with E-state index in [1.54, 1.807) is 24.3 Å². The van der Waals surface area contributed by atoms with E-state index in [0.29, 0.717) is 26.9 Å². The number of barbiturate groups is 1. The van der Waals surface area contributed by atoms with E-state index < -0.39 is 23.7 Å². The van der Waals surface area contributed by atoms with Crippen molar-refractivity contribution in [2.75, 3.05) is 4.90 Å². The van der Waals surface area contributed by atoms with Crippen LogP contribution in [0.2, 0.25) is 10.0 Å². The molecule has 0 aliphatic carbocycles. The number of nitrogens with zero attached hydrogens (tertiary/aromatic N) is 1. The average molecular weight is 469 g/mol. The van der Waals surface area contributed by atoms with Crippen LogP contribution in [-0.4, -0.2) is 17.8 Å². The molecule has 8 heteroatoms. The second kappa shape index (κ2) is 8.94. The number of urea groups is 1. The Morgan fingerprint density at radius 3 is 2.28 bits per heavy atom. The van der Waals surface area contributed by atoms with Crippen LogP contribution in [0.5, 0.6) is 0 Å². The van der Waals surface area contributed by atoms with Gasteiger partial charge in [0.1, 0.15) is 11.4 Å². The molecule has 3 aromatic rings. The Morgan fingerprint density at radius 2 is 1.56 bits per heavy atom. The molecule has 5 nitrogen and oxygen atoms in total. The lowest BCUT2D eigenvalue weighted by Gasteiger charge is -2.26. The summed E-state index contributed by atoms with van der Waals surface area (Å²) in [5.74, 6) is -2.57. The van der Waals surface area contributed by atoms with Gasteiger partial charge in [-0.2, -0.15) is 0 Å². The molecule has 0 aromatic heterocycles. The maximum absolute atomic E-state index is 14.2. The van der Waals surface area contributed by atoms with Gasteiger partial charge in [-0.3, -0.25) is 14.9 Å². The van der Waals surface area contributed by atoms with Gasteiger partial charge in [-0.05, 0) is 47.0 Å². The number of rotatable bonds is 4. The van der Waals surface area contributed by atoms with Crippen LogP contribution in [0.25, 0.3) is 6.08 Å². The van der Waals surface area contributed by atoms with Crippen LogP contribution in [0.3, 0.4) is 0 Å². The fraction of sp³-hybridized carbons (Fsp3) is 0.0417. The third-order valence-corrected chi connectivity index (χ3v) is 5.64. The number of amides is 4. The maximum Gasteiger partial charge on any atom is 0.336 e. The van der Waals surface area contributed by atoms with Crippen molar-refractivity contribution in [2.45, 2.75) is 6.42 Å². The van der Waals surface area contributed by atoms with Gasteiger partial charge in [0.05, 0.1) is 5.69 Å². The van der Waals surface area contributed by atoms with Crippen LogP contribution in [0, 0.1) is 5.82 Å². The average Bonchev–Trinajstić information content (AvgIpc) is 2.75. The zero-order valence-corrected chi connectivity index (χ0v) is 18.0. The largest absolute Gasteiger partial charge is 0.336 e. The molecule has 0 unspecified atom stereocenters. The molecule has 4 rings (SSSR count). The Morgan fingerprint density at radius 1 is 0.875 bits per heavy atom. The van der Waals surface area contributed by atoms with E-state index in [-0.39, 0.29) is 11.3 Å². The van der Waals surface area contributed by atoms with E-state index in [1.807, 2.05) is 18.2 Å². The predicted molar refractivity (Wildman–Crippen MR) is 121 cm³/mol. The number of benzene rings is 3. The molecular formula is C24H15Cl2FN2O3. The van der Waals surface area contributed by atoms with Crippen molar-refractivity contribution in [3.63, 3.8) is 0 Å². The number of carbonyl (C=O) groups is 3. The molecule has 1 heterocycles. The Bertz CT molecular complexity index is 1290. The normalized spacial score (nSPS) is 15.3. The summed E-state index contributed by atoms with van der Waals surface area (Å²) in [6, 6.07) is 16.8. The highest BCUT2D eigenvalue weighted by Crippen LogP contribution is 2.27. The Balaban J connectivity index is 1.65. The third kappa shape index (κ3) is 4.28. The molecule has 1 fully saturated rings. The van der Waals surface area contributed by atoms with E-state index >= 15 is 0 Å². The summed E-state index contributed by atoms with van der Waals surface area (Å²) >= 11 is 12.6. The minimum absolute atomic E-state index is 0.249. The first-order valence-corrected chi connectivity index (χ1v) is 10.3. The van der Waals surface area contributed by atoms with Gasteiger partial charge in [0.2, 0.25) is 0 Å². The number of para-hydroxylation sites is 1. The molecule has 1 aliphatic heterocycles. The molecule has 160 valence electrons. The van der Waals surface area contributed by atoms with Crippen LogP contribution in [0.15, 0.2) is 72.3 Å². The number of hydrogen-bond donors (Lipinski definition) is 1. The monoisotopic (exact) mass is 468 g/mol. The van der Waals surface area contributed by atoms with Crippen LogP contribution in [0.1, 0.15) is 16.7 Å². The van der Waals surface area contributed by atoms with Crippen molar-refractivity contribution in [3.05, 3.63) is 105 Å². The number of imide groups is 2. The van der Waals surface area contributed by atoms with Crippen LogP contribution in [-0.2, 0) is 16.0 Å². The van der Waals surface area contributed by atoms with E-state index in [2.05, 4.69) is 5.32 Å². The van der Waals surface area contributed by atoms with Gasteiger partial charge >= 0.3 is 6.03 Å². The van der Waals surface area contributed by atoms with Crippen LogP contribution < -0.4 is 10.2 Å². The summed E-state index contributed by atoms with van der Waals surface area (Å²) in [6.45, 7) is 0. The first kappa shape index (κ1) is 21.7. The fourth-order valence-corrected chi connectivity index (χ4v) is 3.78. The summed E-state index contributed by atoms with van der Waals surface area (Å²) in [7, 11) is 0. The Labute approximate surface area is 193 Å². The lowest BCUT2D eigenvalue weighted by Crippen LogP contribution is -2.54. The molecular weight excluding hydrogens is 454 g/mol. The second-order valence-electron chi connectivity index (χ2n) is 7.03. The zero-order valence-electron chi connectivity index (χ0n) is 16.4. The molecule has 4 amide bonds. The summed E-state index contributed by atoms with van der Waals surface area (Å²) in [5, 5.41) is 3.11. The first-order chi connectivity index (χ1) is 15.3. The fourth-order valence-electron chi connectivity index (χ4n) is 3.32. The Kier molecular flexibility index (Phi) is 6.08. The highest BCUT2D eigenvalue weighted by Gasteiger charge is 2.37. The minimum Gasteiger partial charge on any atom is -0.273 e. The summed E-state index contributed by atoms with van der Waals surface area (Å²) in [4.78, 5) is 38.0. The highest BCUT2D eigenvalue weighted by atomic mass is 35.5. The summed E-state index contributed by atoms with van der Waals surface area (Å²) < 4.78 is 14.2. The number of halogens is 3. The van der Waals surface area contributed by atoms with E-state index in [9.17, 15) is 18.8 Å². The number of hydrogen-bond acceptors (Lipinski definition) is 3. The molecule has 32 heavy (non-hydrogen) atoms. The molecule has 0 radical (unpaired) electrons. The Hall–Kier alpha value is -3.48. The van der Waals surface area contributed by atoms with Gasteiger partial charge in [0, 0.05) is 16.5 Å². The van der Waals surface area contributed by atoms with Gasteiger partial charge in [0.15, 0.2) is 0 Å². The topological polar surface area (TPSA) is 66.5 Å². The van der Waals surface area contributed by atoms with Crippen LogP contribution in [0.4, 0.5) is 14.9 Å². The summed E-state index contributed by atoms with van der Waals surface area (Å²) in [5.41, 5.74) is 1.62. The van der Waals surface area contributed by atoms with E-state index in [4.69, 9.17) is 23.2 Å². The van der Waals surface area contributed by atoms with Gasteiger partial charge in [0.25, 0.3) is 11.8 Å². The number of nitrogens with one attached hydrogen (secondary N) is 1. The zero-order chi connectivity index (χ0) is 22.8. The molecule has 3 aromatic carbocycles. The maximum atomic E-state index is 14.2. The lowest BCUT2D eigenvalue weighted by atomic mass is 10.0. The lowest BCUT2D eigenvalue weighted by molar-refractivity contribution is -0.122. The van der Waals surface area contributed by atoms with Crippen molar-refractivity contribution in [3.8, 4) is 0 Å². The smallest absolute Gasteiger partial charge is 0.273 e. The van der Waals surface area contributed by atoms with Crippen molar-refractivity contribution in [1.29, 1.82) is 0 Å². The standard InChI is InChI=1S/C24H15Cl2FN2O3/c25-18-6-2-1-5-15(18)13-16-10-9-14(12-19(16)26)11-17-22(30)28-24(32)29(23(17)31)21-8-4-3-7-20(21)27/h1-12H,13H2,(H,28,30,32)/b17-11-. The predicted octanol–water partition coefficient (Wildman–Crippen LogP) is 5.39. The molecule has 1 aliphatic rings. The molecule has 1 N–H and O–H groups in total. The first-order valence-electron chi connectivity index (χ1n) is 9.53. The van der Waals surface area contributed by atoms with E-state index in [1.165, 1.54) is 24.3 Å². The quantitative estimate of drug-likeness (QED) is 0.412. The molecule has 1 saturated heterocycles. The minimum atomic E-state index is -1.02. The summed E-state index contributed by atoms with van der Waals surface area (Å²) in [6.07, 6.45) is 1.81. The van der Waals surface area contributed by atoms with E-state index in [0.717, 1.165) is 17.2 Å².